The van der Waals surface area contributed by atoms with Gasteiger partial charge in [-0.1, -0.05) is 25.3 Å². The number of methoxy groups -OCH3 is 1. The first-order valence-corrected chi connectivity index (χ1v) is 17.6. The third-order valence-electron chi connectivity index (χ3n) is 10.2. The van der Waals surface area contributed by atoms with Crippen molar-refractivity contribution in [2.75, 3.05) is 55.4 Å². The third kappa shape index (κ3) is 5.52. The molecule has 1 aliphatic carbocycles. The molecule has 6 rings (SSSR count). The summed E-state index contributed by atoms with van der Waals surface area (Å²) in [5, 5.41) is 0.979. The summed E-state index contributed by atoms with van der Waals surface area (Å²) in [6, 6.07) is 11.2. The number of hydrogen-bond acceptors (Lipinski definition) is 6. The Kier molecular flexibility index (Phi) is 8.50. The van der Waals surface area contributed by atoms with E-state index in [1.54, 1.807) is 57.2 Å². The van der Waals surface area contributed by atoms with Crippen LogP contribution in [0.4, 0.5) is 4.79 Å². The number of nitrogens with one attached hydrogen (secondary N) is 2. The Labute approximate surface area is 276 Å². The molecule has 1 saturated heterocycles. The average molecular weight is 665 g/mol. The molecule has 4 amide bonds. The molecule has 0 bridgehead atoms. The van der Waals surface area contributed by atoms with Gasteiger partial charge >= 0.3 is 16.2 Å². The minimum Gasteiger partial charge on any atom is -0.497 e. The van der Waals surface area contributed by atoms with E-state index >= 15 is 0 Å². The number of carbonyl (C=O) groups excluding carboxylic acids is 3. The van der Waals surface area contributed by atoms with Crippen molar-refractivity contribution in [1.29, 1.82) is 0 Å². The van der Waals surface area contributed by atoms with Crippen LogP contribution in [0.1, 0.15) is 65.4 Å². The van der Waals surface area contributed by atoms with Crippen molar-refractivity contribution in [3.05, 3.63) is 53.1 Å². The molecule has 2 unspecified atom stereocenters. The minimum atomic E-state index is -4.03. The summed E-state index contributed by atoms with van der Waals surface area (Å²) in [5.74, 6) is -0.246. The van der Waals surface area contributed by atoms with Gasteiger partial charge in [0, 0.05) is 82.8 Å². The molecule has 252 valence electrons. The quantitative estimate of drug-likeness (QED) is 0.413. The molecule has 1 aromatic heterocycles. The Morgan fingerprint density at radius 1 is 0.957 bits per heavy atom. The van der Waals surface area contributed by atoms with Crippen molar-refractivity contribution < 1.29 is 27.5 Å². The summed E-state index contributed by atoms with van der Waals surface area (Å²) in [4.78, 5) is 46.2. The van der Waals surface area contributed by atoms with E-state index in [2.05, 4.69) is 20.1 Å². The lowest BCUT2D eigenvalue weighted by atomic mass is 9.72. The summed E-state index contributed by atoms with van der Waals surface area (Å²) in [7, 11) is 5.74. The van der Waals surface area contributed by atoms with Crippen LogP contribution in [0.15, 0.2) is 36.4 Å². The molecule has 1 saturated carbocycles. The second-order valence-electron chi connectivity index (χ2n) is 13.5. The number of carbonyl (C=O) groups is 3. The van der Waals surface area contributed by atoms with E-state index in [0.29, 0.717) is 12.3 Å². The van der Waals surface area contributed by atoms with Crippen molar-refractivity contribution >= 4 is 39.0 Å². The second-order valence-corrected chi connectivity index (χ2v) is 15.1. The molecule has 3 aliphatic rings. The van der Waals surface area contributed by atoms with Crippen LogP contribution in [-0.4, -0.2) is 101 Å². The standard InChI is InChI=1S/C34H44N6O6S/c1-35-47(44,45)36-31(41)22-12-14-25-28(16-22)40-20-34(32(42)37(2)3)19-39(33(43)38(4)5)18-27(34)26-17-23(46-6)13-15-24(26)30(40)29(25)21-10-8-7-9-11-21/h12-17,21,27,35H,7-11,18-20H2,1-6H3,(H,36,41). The van der Waals surface area contributed by atoms with Crippen molar-refractivity contribution in [3.8, 4) is 17.0 Å². The van der Waals surface area contributed by atoms with E-state index in [1.807, 2.05) is 18.2 Å². The number of aromatic nitrogens is 1. The predicted molar refractivity (Wildman–Crippen MR) is 180 cm³/mol. The maximum atomic E-state index is 14.6. The highest BCUT2D eigenvalue weighted by atomic mass is 32.2. The van der Waals surface area contributed by atoms with Gasteiger partial charge in [-0.05, 0) is 60.2 Å². The Morgan fingerprint density at radius 3 is 2.32 bits per heavy atom. The largest absolute Gasteiger partial charge is 0.497 e. The second kappa shape index (κ2) is 12.2. The molecule has 2 N–H and O–H groups in total. The maximum absolute atomic E-state index is 14.6. The van der Waals surface area contributed by atoms with Crippen molar-refractivity contribution in [2.24, 2.45) is 5.41 Å². The summed E-state index contributed by atoms with van der Waals surface area (Å²) in [5.41, 5.74) is 4.03. The number of urea groups is 1. The maximum Gasteiger partial charge on any atom is 0.319 e. The van der Waals surface area contributed by atoms with Crippen molar-refractivity contribution in [1.82, 2.24) is 28.7 Å². The topological polar surface area (TPSA) is 133 Å². The number of ether oxygens (including phenoxy) is 1. The van der Waals surface area contributed by atoms with Crippen LogP contribution < -0.4 is 14.2 Å². The lowest BCUT2D eigenvalue weighted by Crippen LogP contribution is -2.48. The van der Waals surface area contributed by atoms with E-state index in [0.717, 1.165) is 53.4 Å². The van der Waals surface area contributed by atoms with Gasteiger partial charge in [-0.25, -0.2) is 14.2 Å². The zero-order valence-corrected chi connectivity index (χ0v) is 28.7. The Morgan fingerprint density at radius 2 is 1.68 bits per heavy atom. The van der Waals surface area contributed by atoms with E-state index in [4.69, 9.17) is 4.74 Å². The molecule has 3 aromatic rings. The van der Waals surface area contributed by atoms with E-state index in [-0.39, 0.29) is 42.4 Å². The van der Waals surface area contributed by atoms with Gasteiger partial charge in [-0.3, -0.25) is 9.59 Å². The number of likely N-dealkylation sites (tertiary alicyclic amines) is 1. The molecular formula is C34H44N6O6S. The lowest BCUT2D eigenvalue weighted by Gasteiger charge is -2.35. The van der Waals surface area contributed by atoms with Gasteiger partial charge < -0.3 is 24.0 Å². The Balaban J connectivity index is 1.67. The fraction of sp³-hybridized carbons (Fsp3) is 0.500. The average Bonchev–Trinajstić information content (AvgIpc) is 3.56. The highest BCUT2D eigenvalue weighted by Crippen LogP contribution is 2.55. The van der Waals surface area contributed by atoms with Gasteiger partial charge in [-0.15, -0.1) is 0 Å². The molecule has 47 heavy (non-hydrogen) atoms. The number of rotatable bonds is 6. The predicted octanol–water partition coefficient (Wildman–Crippen LogP) is 3.73. The molecule has 2 aromatic carbocycles. The highest BCUT2D eigenvalue weighted by Gasteiger charge is 2.57. The first-order valence-electron chi connectivity index (χ1n) is 16.1. The fourth-order valence-electron chi connectivity index (χ4n) is 8.09. The molecule has 2 aliphatic heterocycles. The zero-order valence-electron chi connectivity index (χ0n) is 27.9. The number of fused-ring (bicyclic) bond motifs is 7. The van der Waals surface area contributed by atoms with Crippen LogP contribution in [-0.2, 0) is 21.5 Å². The molecule has 13 heteroatoms. The highest BCUT2D eigenvalue weighted by molar-refractivity contribution is 7.88. The first-order chi connectivity index (χ1) is 22.3. The van der Waals surface area contributed by atoms with E-state index in [9.17, 15) is 22.8 Å². The normalized spacial score (nSPS) is 21.0. The van der Waals surface area contributed by atoms with Crippen LogP contribution in [0.3, 0.4) is 0 Å². The molecule has 0 radical (unpaired) electrons. The number of nitrogens with zero attached hydrogens (tertiary/aromatic N) is 4. The number of amides is 4. The van der Waals surface area contributed by atoms with Crippen molar-refractivity contribution in [3.63, 3.8) is 0 Å². The van der Waals surface area contributed by atoms with Gasteiger partial charge in [0.15, 0.2) is 0 Å². The monoisotopic (exact) mass is 664 g/mol. The van der Waals surface area contributed by atoms with Gasteiger partial charge in [0.1, 0.15) is 5.75 Å². The minimum absolute atomic E-state index is 0.0896. The summed E-state index contributed by atoms with van der Waals surface area (Å²) in [6.45, 7) is 0.829. The number of hydrogen-bond donors (Lipinski definition) is 2. The fourth-order valence-corrected chi connectivity index (χ4v) is 8.55. The molecule has 2 atom stereocenters. The van der Waals surface area contributed by atoms with Crippen LogP contribution >= 0.6 is 0 Å². The van der Waals surface area contributed by atoms with Gasteiger partial charge in [-0.2, -0.15) is 8.42 Å². The Hall–Kier alpha value is -4.10. The van der Waals surface area contributed by atoms with Crippen LogP contribution in [0, 0.1) is 5.41 Å². The molecular weight excluding hydrogens is 620 g/mol. The van der Waals surface area contributed by atoms with Gasteiger partial charge in [0.05, 0.1) is 18.2 Å². The van der Waals surface area contributed by atoms with Crippen LogP contribution in [0.2, 0.25) is 0 Å². The van der Waals surface area contributed by atoms with Crippen molar-refractivity contribution in [2.45, 2.75) is 50.5 Å². The SMILES string of the molecule is CNS(=O)(=O)NC(=O)c1ccc2c(C3CCCCC3)c3n(c2c1)CC1(C(=O)N(C)C)CN(C(=O)N(C)C)CC1c1cc(OC)ccc1-3. The smallest absolute Gasteiger partial charge is 0.319 e. The van der Waals surface area contributed by atoms with E-state index in [1.165, 1.54) is 23.9 Å². The summed E-state index contributed by atoms with van der Waals surface area (Å²) < 4.78 is 36.5. The summed E-state index contributed by atoms with van der Waals surface area (Å²) in [6.07, 6.45) is 5.46. The summed E-state index contributed by atoms with van der Waals surface area (Å²) >= 11 is 0. The van der Waals surface area contributed by atoms with Crippen LogP contribution in [0.5, 0.6) is 5.75 Å². The third-order valence-corrected chi connectivity index (χ3v) is 11.2. The lowest BCUT2D eigenvalue weighted by molar-refractivity contribution is -0.140. The molecule has 0 spiro atoms. The molecule has 12 nitrogen and oxygen atoms in total. The molecule has 3 heterocycles. The van der Waals surface area contributed by atoms with E-state index < -0.39 is 21.5 Å². The Bertz CT molecular complexity index is 1860. The zero-order chi connectivity index (χ0) is 33.8. The van der Waals surface area contributed by atoms with Crippen LogP contribution in [0.25, 0.3) is 22.2 Å². The molecule has 2 fully saturated rings. The number of benzene rings is 2. The van der Waals surface area contributed by atoms with Gasteiger partial charge in [0.25, 0.3) is 5.91 Å². The first kappa shape index (κ1) is 32.8. The van der Waals surface area contributed by atoms with Gasteiger partial charge in [0.2, 0.25) is 5.91 Å².